The molecule has 4 rings (SSSR count). The van der Waals surface area contributed by atoms with Gasteiger partial charge in [-0.15, -0.1) is 0 Å². The predicted octanol–water partition coefficient (Wildman–Crippen LogP) is 4.41. The molecule has 1 aromatic heterocycles. The number of piperidine rings is 2. The zero-order valence-corrected chi connectivity index (χ0v) is 20.7. The van der Waals surface area contributed by atoms with Crippen molar-refractivity contribution in [2.45, 2.75) is 95.9 Å². The smallest absolute Gasteiger partial charge is 0.407 e. The normalized spacial score (nSPS) is 26.3. The number of alkyl carbamates (subject to hydrolysis) is 1. The Morgan fingerprint density at radius 2 is 1.76 bits per heavy atom. The first kappa shape index (κ1) is 24.0. The predicted molar refractivity (Wildman–Crippen MR) is 130 cm³/mol. The Bertz CT molecular complexity index is 813. The number of nitrogens with zero attached hydrogens (tertiary/aromatic N) is 3. The van der Waals surface area contributed by atoms with E-state index in [2.05, 4.69) is 27.1 Å². The number of amides is 1. The van der Waals surface area contributed by atoms with Crippen LogP contribution in [0.15, 0.2) is 18.3 Å². The molecule has 7 nitrogen and oxygen atoms in total. The van der Waals surface area contributed by atoms with Crippen LogP contribution in [-0.4, -0.2) is 65.6 Å². The van der Waals surface area contributed by atoms with Gasteiger partial charge in [0.25, 0.3) is 0 Å². The molecule has 2 unspecified atom stereocenters. The molecular formula is C26H40N4O3. The van der Waals surface area contributed by atoms with E-state index in [0.29, 0.717) is 24.4 Å². The second-order valence-corrected chi connectivity index (χ2v) is 11.2. The standard InChI is InChI=1S/C26H40N4O3/c1-26(2,3)33-25(32)28-20-15-21-7-8-22(16-20)30(21)24-10-6-19(17-27-24)23(31)9-5-18-11-13-29(4)14-12-18/h6,10,17-18,20-22H,5,7-9,11-16H2,1-4H3,(H,28,32). The van der Waals surface area contributed by atoms with Crippen LogP contribution in [-0.2, 0) is 4.74 Å². The van der Waals surface area contributed by atoms with E-state index in [1.54, 1.807) is 6.20 Å². The first-order valence-corrected chi connectivity index (χ1v) is 12.6. The van der Waals surface area contributed by atoms with Crippen molar-refractivity contribution in [2.24, 2.45) is 5.92 Å². The van der Waals surface area contributed by atoms with E-state index in [1.165, 1.54) is 12.8 Å². The summed E-state index contributed by atoms with van der Waals surface area (Å²) in [5.41, 5.74) is 0.237. The SMILES string of the molecule is CN1CCC(CCC(=O)c2ccc(N3C4CCC3CC(NC(=O)OC(C)(C)C)C4)nc2)CC1. The van der Waals surface area contributed by atoms with Crippen molar-refractivity contribution in [2.75, 3.05) is 25.0 Å². The van der Waals surface area contributed by atoms with Crippen LogP contribution in [0, 0.1) is 5.92 Å². The van der Waals surface area contributed by atoms with E-state index in [4.69, 9.17) is 4.74 Å². The minimum Gasteiger partial charge on any atom is -0.444 e. The number of nitrogens with one attached hydrogen (secondary N) is 1. The van der Waals surface area contributed by atoms with Gasteiger partial charge in [0.15, 0.2) is 5.78 Å². The Morgan fingerprint density at radius 1 is 1.09 bits per heavy atom. The molecule has 2 bridgehead atoms. The third-order valence-electron chi connectivity index (χ3n) is 7.41. The van der Waals surface area contributed by atoms with Crippen molar-refractivity contribution in [3.63, 3.8) is 0 Å². The number of carbonyl (C=O) groups excluding carboxylic acids is 2. The Morgan fingerprint density at radius 3 is 2.33 bits per heavy atom. The van der Waals surface area contributed by atoms with E-state index in [-0.39, 0.29) is 17.9 Å². The summed E-state index contributed by atoms with van der Waals surface area (Å²) >= 11 is 0. The number of likely N-dealkylation sites (tertiary alicyclic amines) is 1. The monoisotopic (exact) mass is 456 g/mol. The van der Waals surface area contributed by atoms with Gasteiger partial charge in [-0.1, -0.05) is 0 Å². The highest BCUT2D eigenvalue weighted by atomic mass is 16.6. The highest BCUT2D eigenvalue weighted by molar-refractivity contribution is 5.95. The largest absolute Gasteiger partial charge is 0.444 e. The topological polar surface area (TPSA) is 74.8 Å². The van der Waals surface area contributed by atoms with Crippen LogP contribution in [0.3, 0.4) is 0 Å². The summed E-state index contributed by atoms with van der Waals surface area (Å²) in [6.45, 7) is 7.93. The average molecular weight is 457 g/mol. The molecule has 1 N–H and O–H groups in total. The number of anilines is 1. The van der Waals surface area contributed by atoms with Crippen molar-refractivity contribution in [1.29, 1.82) is 0 Å². The van der Waals surface area contributed by atoms with Crippen LogP contribution in [0.4, 0.5) is 10.6 Å². The Kier molecular flexibility index (Phi) is 7.27. The molecule has 0 spiro atoms. The Balaban J connectivity index is 1.29. The number of pyridine rings is 1. The van der Waals surface area contributed by atoms with Gasteiger partial charge in [0, 0.05) is 36.3 Å². The molecule has 0 aromatic carbocycles. The van der Waals surface area contributed by atoms with Crippen molar-refractivity contribution < 1.29 is 14.3 Å². The maximum Gasteiger partial charge on any atom is 0.407 e. The number of Topliss-reactive ketones (excluding diaryl/α,β-unsaturated/α-hetero) is 1. The molecule has 0 radical (unpaired) electrons. The zero-order valence-electron chi connectivity index (χ0n) is 20.7. The number of ether oxygens (including phenoxy) is 1. The van der Waals surface area contributed by atoms with Crippen LogP contribution >= 0.6 is 0 Å². The highest BCUT2D eigenvalue weighted by Crippen LogP contribution is 2.38. The zero-order chi connectivity index (χ0) is 23.6. The van der Waals surface area contributed by atoms with Gasteiger partial charge in [-0.25, -0.2) is 9.78 Å². The van der Waals surface area contributed by atoms with Gasteiger partial charge in [0.05, 0.1) is 0 Å². The summed E-state index contributed by atoms with van der Waals surface area (Å²) < 4.78 is 5.43. The van der Waals surface area contributed by atoms with Gasteiger partial charge < -0.3 is 19.9 Å². The number of aromatic nitrogens is 1. The van der Waals surface area contributed by atoms with Gasteiger partial charge >= 0.3 is 6.09 Å². The van der Waals surface area contributed by atoms with Crippen LogP contribution in [0.25, 0.3) is 0 Å². The number of hydrogen-bond acceptors (Lipinski definition) is 6. The summed E-state index contributed by atoms with van der Waals surface area (Å²) in [5, 5.41) is 3.06. The lowest BCUT2D eigenvalue weighted by Crippen LogP contribution is -2.51. The van der Waals surface area contributed by atoms with Gasteiger partial charge in [0.2, 0.25) is 0 Å². The van der Waals surface area contributed by atoms with E-state index >= 15 is 0 Å². The summed E-state index contributed by atoms with van der Waals surface area (Å²) in [5.74, 6) is 1.82. The quantitative estimate of drug-likeness (QED) is 0.639. The number of rotatable bonds is 6. The lowest BCUT2D eigenvalue weighted by atomic mass is 9.91. The number of fused-ring (bicyclic) bond motifs is 2. The minimum atomic E-state index is -0.486. The molecule has 1 aromatic rings. The van der Waals surface area contributed by atoms with Crippen molar-refractivity contribution in [1.82, 2.24) is 15.2 Å². The second kappa shape index (κ2) is 10.00. The lowest BCUT2D eigenvalue weighted by molar-refractivity contribution is 0.0492. The molecule has 0 saturated carbocycles. The third kappa shape index (κ3) is 6.25. The molecule has 0 aliphatic carbocycles. The molecule has 3 aliphatic rings. The molecular weight excluding hydrogens is 416 g/mol. The molecule has 4 heterocycles. The molecule has 2 atom stereocenters. The maximum atomic E-state index is 12.7. The molecule has 182 valence electrons. The van der Waals surface area contributed by atoms with E-state index < -0.39 is 5.60 Å². The van der Waals surface area contributed by atoms with E-state index in [1.807, 2.05) is 32.9 Å². The Hall–Kier alpha value is -2.15. The first-order valence-electron chi connectivity index (χ1n) is 12.6. The summed E-state index contributed by atoms with van der Waals surface area (Å²) in [6, 6.07) is 4.82. The molecule has 33 heavy (non-hydrogen) atoms. The average Bonchev–Trinajstić information content (AvgIpc) is 3.02. The van der Waals surface area contributed by atoms with Crippen molar-refractivity contribution >= 4 is 17.7 Å². The van der Waals surface area contributed by atoms with Gasteiger partial charge in [-0.2, -0.15) is 0 Å². The van der Waals surface area contributed by atoms with Crippen LogP contribution in [0.2, 0.25) is 0 Å². The van der Waals surface area contributed by atoms with E-state index in [9.17, 15) is 9.59 Å². The van der Waals surface area contributed by atoms with Gasteiger partial charge in [-0.05, 0) is 104 Å². The first-order chi connectivity index (χ1) is 15.7. The third-order valence-corrected chi connectivity index (χ3v) is 7.41. The molecule has 1 amide bonds. The second-order valence-electron chi connectivity index (χ2n) is 11.2. The number of carbonyl (C=O) groups is 2. The summed E-state index contributed by atoms with van der Waals surface area (Å²) in [4.78, 5) is 34.4. The fourth-order valence-corrected chi connectivity index (χ4v) is 5.68. The fourth-order valence-electron chi connectivity index (χ4n) is 5.68. The van der Waals surface area contributed by atoms with Crippen LogP contribution < -0.4 is 10.2 Å². The van der Waals surface area contributed by atoms with E-state index in [0.717, 1.165) is 56.6 Å². The maximum absolute atomic E-state index is 12.7. The summed E-state index contributed by atoms with van der Waals surface area (Å²) in [7, 11) is 2.17. The number of ketones is 1. The lowest BCUT2D eigenvalue weighted by Gasteiger charge is -2.40. The number of hydrogen-bond donors (Lipinski definition) is 1. The fraction of sp³-hybridized carbons (Fsp3) is 0.731. The minimum absolute atomic E-state index is 0.133. The summed E-state index contributed by atoms with van der Waals surface area (Å²) in [6.07, 6.45) is 9.43. The molecule has 3 aliphatic heterocycles. The van der Waals surface area contributed by atoms with Crippen LogP contribution in [0.1, 0.15) is 82.5 Å². The van der Waals surface area contributed by atoms with Crippen LogP contribution in [0.5, 0.6) is 0 Å². The molecule has 3 fully saturated rings. The van der Waals surface area contributed by atoms with Gasteiger partial charge in [0.1, 0.15) is 11.4 Å². The van der Waals surface area contributed by atoms with Crippen molar-refractivity contribution in [3.8, 4) is 0 Å². The molecule has 7 heteroatoms. The molecule has 3 saturated heterocycles. The Labute approximate surface area is 198 Å². The highest BCUT2D eigenvalue weighted by Gasteiger charge is 2.42. The van der Waals surface area contributed by atoms with Gasteiger partial charge in [-0.3, -0.25) is 4.79 Å². The van der Waals surface area contributed by atoms with Crippen molar-refractivity contribution in [3.05, 3.63) is 23.9 Å².